The molecule has 2 rings (SSSR count). The van der Waals surface area contributed by atoms with Gasteiger partial charge >= 0.3 is 6.09 Å². The van der Waals surface area contributed by atoms with Gasteiger partial charge in [0.05, 0.1) is 6.54 Å². The van der Waals surface area contributed by atoms with E-state index in [9.17, 15) is 9.18 Å². The summed E-state index contributed by atoms with van der Waals surface area (Å²) in [6, 6.07) is 4.61. The molecule has 0 saturated carbocycles. The van der Waals surface area contributed by atoms with Crippen LogP contribution >= 0.6 is 0 Å². The summed E-state index contributed by atoms with van der Waals surface area (Å²) in [5.41, 5.74) is 1.20. The van der Waals surface area contributed by atoms with Crippen LogP contribution in [0.3, 0.4) is 0 Å². The first-order chi connectivity index (χ1) is 9.97. The Morgan fingerprint density at radius 3 is 2.86 bits per heavy atom. The highest BCUT2D eigenvalue weighted by Gasteiger charge is 2.09. The fourth-order valence-corrected chi connectivity index (χ4v) is 1.58. The first kappa shape index (κ1) is 14.9. The quantitative estimate of drug-likeness (QED) is 0.854. The Kier molecular flexibility index (Phi) is 4.46. The molecule has 21 heavy (non-hydrogen) atoms. The minimum absolute atomic E-state index is 0.148. The smallest absolute Gasteiger partial charge is 0.409 e. The number of nitrogens with zero attached hydrogens (tertiary/aromatic N) is 5. The number of ether oxygens (including phenoxy) is 1. The number of carbonyl (C=O) groups excluding carboxylic acids is 1. The summed E-state index contributed by atoms with van der Waals surface area (Å²) in [5, 5.41) is 11.9. The minimum atomic E-state index is -0.426. The molecule has 1 amide bonds. The van der Waals surface area contributed by atoms with Crippen molar-refractivity contribution in [2.45, 2.75) is 13.5 Å². The van der Waals surface area contributed by atoms with E-state index in [1.165, 1.54) is 15.8 Å². The highest BCUT2D eigenvalue weighted by molar-refractivity contribution is 5.66. The first-order valence-corrected chi connectivity index (χ1v) is 6.36. The molecule has 0 aliphatic carbocycles. The maximum absolute atomic E-state index is 13.2. The fourth-order valence-electron chi connectivity index (χ4n) is 1.58. The molecule has 1 aromatic heterocycles. The van der Waals surface area contributed by atoms with E-state index in [4.69, 9.17) is 4.74 Å². The number of amides is 1. The van der Waals surface area contributed by atoms with Gasteiger partial charge in [-0.2, -0.15) is 4.80 Å². The summed E-state index contributed by atoms with van der Waals surface area (Å²) in [7, 11) is 3.20. The number of hydrogen-bond donors (Lipinski definition) is 0. The van der Waals surface area contributed by atoms with Gasteiger partial charge in [0.25, 0.3) is 0 Å². The molecule has 0 unspecified atom stereocenters. The van der Waals surface area contributed by atoms with Gasteiger partial charge in [-0.05, 0) is 35.9 Å². The van der Waals surface area contributed by atoms with Crippen molar-refractivity contribution in [3.8, 4) is 11.4 Å². The van der Waals surface area contributed by atoms with Crippen molar-refractivity contribution in [3.05, 3.63) is 29.6 Å². The zero-order chi connectivity index (χ0) is 15.4. The van der Waals surface area contributed by atoms with Gasteiger partial charge in [0.2, 0.25) is 5.82 Å². The van der Waals surface area contributed by atoms with Crippen LogP contribution in [-0.4, -0.2) is 51.9 Å². The van der Waals surface area contributed by atoms with Crippen molar-refractivity contribution >= 4 is 6.09 Å². The van der Waals surface area contributed by atoms with Crippen molar-refractivity contribution in [2.24, 2.45) is 0 Å². The monoisotopic (exact) mass is 293 g/mol. The number of halogens is 1. The lowest BCUT2D eigenvalue weighted by Crippen LogP contribution is -2.24. The molecule has 0 N–H and O–H groups in total. The number of hydrogen-bond acceptors (Lipinski definition) is 5. The van der Waals surface area contributed by atoms with E-state index < -0.39 is 6.09 Å². The van der Waals surface area contributed by atoms with E-state index in [2.05, 4.69) is 15.4 Å². The van der Waals surface area contributed by atoms with Crippen molar-refractivity contribution in [1.29, 1.82) is 0 Å². The largest absolute Gasteiger partial charge is 0.447 e. The van der Waals surface area contributed by atoms with Crippen LogP contribution in [0.5, 0.6) is 0 Å². The Bertz CT molecular complexity index is 641. The number of benzene rings is 1. The molecule has 1 heterocycles. The van der Waals surface area contributed by atoms with Crippen molar-refractivity contribution < 1.29 is 13.9 Å². The van der Waals surface area contributed by atoms with E-state index in [0.717, 1.165) is 0 Å². The van der Waals surface area contributed by atoms with Crippen molar-refractivity contribution in [3.63, 3.8) is 0 Å². The Hall–Kier alpha value is -2.51. The number of aromatic nitrogens is 4. The van der Waals surface area contributed by atoms with Crippen LogP contribution in [0, 0.1) is 12.7 Å². The molecule has 0 radical (unpaired) electrons. The average Bonchev–Trinajstić information content (AvgIpc) is 2.90. The number of tetrazole rings is 1. The van der Waals surface area contributed by atoms with E-state index in [1.807, 2.05) is 0 Å². The van der Waals surface area contributed by atoms with Crippen LogP contribution in [0.25, 0.3) is 11.4 Å². The molecule has 0 fully saturated rings. The SMILES string of the molecule is Cc1cc(-c2nnn(CCOC(=O)N(C)C)n2)ccc1F. The molecule has 0 aliphatic heterocycles. The van der Waals surface area contributed by atoms with Gasteiger partial charge in [-0.1, -0.05) is 0 Å². The Morgan fingerprint density at radius 1 is 1.43 bits per heavy atom. The molecule has 2 aromatic rings. The normalized spacial score (nSPS) is 10.5. The summed E-state index contributed by atoms with van der Waals surface area (Å²) in [5.74, 6) is 0.124. The Labute approximate surface area is 121 Å². The summed E-state index contributed by atoms with van der Waals surface area (Å²) in [6.45, 7) is 2.12. The van der Waals surface area contributed by atoms with E-state index in [1.54, 1.807) is 33.2 Å². The lowest BCUT2D eigenvalue weighted by Gasteiger charge is -2.10. The van der Waals surface area contributed by atoms with Crippen LogP contribution in [0.2, 0.25) is 0 Å². The van der Waals surface area contributed by atoms with Crippen LogP contribution in [0.1, 0.15) is 5.56 Å². The molecule has 1 aromatic carbocycles. The second kappa shape index (κ2) is 6.29. The standard InChI is InChI=1S/C13H16FN5O2/c1-9-8-10(4-5-11(9)14)12-15-17-19(16-12)6-7-21-13(20)18(2)3/h4-5,8H,6-7H2,1-3H3. The Morgan fingerprint density at radius 2 is 2.19 bits per heavy atom. The lowest BCUT2D eigenvalue weighted by atomic mass is 10.1. The molecule has 0 atom stereocenters. The Balaban J connectivity index is 1.98. The van der Waals surface area contributed by atoms with Gasteiger partial charge in [-0.3, -0.25) is 0 Å². The topological polar surface area (TPSA) is 73.1 Å². The minimum Gasteiger partial charge on any atom is -0.447 e. The average molecular weight is 293 g/mol. The number of carbonyl (C=O) groups is 1. The van der Waals surface area contributed by atoms with Gasteiger partial charge in [0.15, 0.2) is 0 Å². The summed E-state index contributed by atoms with van der Waals surface area (Å²) >= 11 is 0. The second-order valence-corrected chi connectivity index (χ2v) is 4.68. The summed E-state index contributed by atoms with van der Waals surface area (Å²) < 4.78 is 18.2. The molecular formula is C13H16FN5O2. The summed E-state index contributed by atoms with van der Waals surface area (Å²) in [6.07, 6.45) is -0.426. The molecule has 112 valence electrons. The summed E-state index contributed by atoms with van der Waals surface area (Å²) in [4.78, 5) is 13.9. The van der Waals surface area contributed by atoms with Crippen LogP contribution in [0.4, 0.5) is 9.18 Å². The second-order valence-electron chi connectivity index (χ2n) is 4.68. The highest BCUT2D eigenvalue weighted by atomic mass is 19.1. The third-order valence-corrected chi connectivity index (χ3v) is 2.75. The van der Waals surface area contributed by atoms with Gasteiger partial charge in [-0.15, -0.1) is 10.2 Å². The molecular weight excluding hydrogens is 277 g/mol. The zero-order valence-electron chi connectivity index (χ0n) is 12.1. The van der Waals surface area contributed by atoms with E-state index >= 15 is 0 Å². The van der Waals surface area contributed by atoms with Gasteiger partial charge in [0, 0.05) is 19.7 Å². The third kappa shape index (κ3) is 3.74. The first-order valence-electron chi connectivity index (χ1n) is 6.36. The highest BCUT2D eigenvalue weighted by Crippen LogP contribution is 2.17. The molecule has 0 saturated heterocycles. The predicted octanol–water partition coefficient (Wildman–Crippen LogP) is 1.49. The van der Waals surface area contributed by atoms with Gasteiger partial charge in [0.1, 0.15) is 12.4 Å². The molecule has 0 aliphatic rings. The van der Waals surface area contributed by atoms with Crippen LogP contribution < -0.4 is 0 Å². The molecule has 7 nitrogen and oxygen atoms in total. The number of aryl methyl sites for hydroxylation is 1. The van der Waals surface area contributed by atoms with Crippen LogP contribution in [-0.2, 0) is 11.3 Å². The molecule has 0 spiro atoms. The maximum Gasteiger partial charge on any atom is 0.409 e. The zero-order valence-corrected chi connectivity index (χ0v) is 12.1. The van der Waals surface area contributed by atoms with E-state index in [-0.39, 0.29) is 12.4 Å². The predicted molar refractivity (Wildman–Crippen MR) is 73.0 cm³/mol. The van der Waals surface area contributed by atoms with E-state index in [0.29, 0.717) is 23.5 Å². The van der Waals surface area contributed by atoms with Crippen molar-refractivity contribution in [1.82, 2.24) is 25.1 Å². The molecule has 0 bridgehead atoms. The van der Waals surface area contributed by atoms with Gasteiger partial charge in [-0.25, -0.2) is 9.18 Å². The van der Waals surface area contributed by atoms with Crippen molar-refractivity contribution in [2.75, 3.05) is 20.7 Å². The number of rotatable bonds is 4. The lowest BCUT2D eigenvalue weighted by molar-refractivity contribution is 0.112. The molecule has 8 heteroatoms. The van der Waals surface area contributed by atoms with Crippen LogP contribution in [0.15, 0.2) is 18.2 Å². The fraction of sp³-hybridized carbons (Fsp3) is 0.385. The maximum atomic E-state index is 13.2. The third-order valence-electron chi connectivity index (χ3n) is 2.75. The van der Waals surface area contributed by atoms with Gasteiger partial charge < -0.3 is 9.64 Å².